The zero-order valence-corrected chi connectivity index (χ0v) is 20.3. The molecule has 0 aliphatic heterocycles. The molecule has 0 radical (unpaired) electrons. The molecule has 9 heteroatoms. The maximum absolute atomic E-state index is 13.3. The lowest BCUT2D eigenvalue weighted by Crippen LogP contribution is -2.34. The number of amides is 1. The van der Waals surface area contributed by atoms with E-state index in [9.17, 15) is 4.79 Å². The molecule has 0 spiro atoms. The number of nitrogens with zero attached hydrogens (tertiary/aromatic N) is 2. The fraction of sp³-hybridized carbons (Fsp3) is 0.375. The highest BCUT2D eigenvalue weighted by atomic mass is 79.9. The quantitative estimate of drug-likeness (QED) is 0.409. The second kappa shape index (κ2) is 10.4. The van der Waals surface area contributed by atoms with Crippen molar-refractivity contribution in [3.8, 4) is 11.5 Å². The molecule has 2 aromatic heterocycles. The van der Waals surface area contributed by atoms with Crippen LogP contribution in [0, 0.1) is 0 Å². The van der Waals surface area contributed by atoms with Crippen molar-refractivity contribution in [3.63, 3.8) is 0 Å². The van der Waals surface area contributed by atoms with Crippen LogP contribution in [0.1, 0.15) is 41.7 Å². The third kappa shape index (κ3) is 5.20. The van der Waals surface area contributed by atoms with Gasteiger partial charge in [0.15, 0.2) is 5.69 Å². The number of anilines is 1. The van der Waals surface area contributed by atoms with E-state index in [0.717, 1.165) is 36.6 Å². The molecule has 3 aromatic rings. The standard InChI is InChI=1S/C24H28BrN5O3/c1-32-17-10-5-14(19(12-17)33-2)13-28-24(31)22-21(29-16-8-6-15(26)7-9-16)20-18(23(25)30-22)4-3-11-27-20/h3-5,10-12,15-16,29H,6-9,13,26H2,1-2H3,(H,28,31). The van der Waals surface area contributed by atoms with E-state index in [1.165, 1.54) is 0 Å². The summed E-state index contributed by atoms with van der Waals surface area (Å²) >= 11 is 3.51. The van der Waals surface area contributed by atoms with Crippen molar-refractivity contribution in [2.45, 2.75) is 44.3 Å². The third-order valence-corrected chi connectivity index (χ3v) is 6.59. The van der Waals surface area contributed by atoms with Crippen LogP contribution in [0.5, 0.6) is 11.5 Å². The number of hydrogen-bond acceptors (Lipinski definition) is 7. The topological polar surface area (TPSA) is 111 Å². The maximum Gasteiger partial charge on any atom is 0.272 e. The summed E-state index contributed by atoms with van der Waals surface area (Å²) in [6.45, 7) is 0.281. The second-order valence-corrected chi connectivity index (χ2v) is 8.89. The number of hydrogen-bond donors (Lipinski definition) is 3. The molecule has 1 aliphatic rings. The highest BCUT2D eigenvalue weighted by molar-refractivity contribution is 9.10. The van der Waals surface area contributed by atoms with Crippen molar-refractivity contribution in [1.82, 2.24) is 15.3 Å². The highest BCUT2D eigenvalue weighted by Crippen LogP contribution is 2.32. The SMILES string of the molecule is COc1ccc(CNC(=O)c2nc(Br)c3cccnc3c2NC2CCC(N)CC2)c(OC)c1. The largest absolute Gasteiger partial charge is 0.497 e. The van der Waals surface area contributed by atoms with Gasteiger partial charge in [-0.15, -0.1) is 0 Å². The van der Waals surface area contributed by atoms with Crippen LogP contribution in [0.3, 0.4) is 0 Å². The van der Waals surface area contributed by atoms with Crippen LogP contribution < -0.4 is 25.8 Å². The number of methoxy groups -OCH3 is 2. The van der Waals surface area contributed by atoms with Crippen LogP contribution in [-0.4, -0.2) is 42.2 Å². The Bertz CT molecular complexity index is 1150. The molecule has 8 nitrogen and oxygen atoms in total. The minimum Gasteiger partial charge on any atom is -0.497 e. The Morgan fingerprint density at radius 2 is 1.97 bits per heavy atom. The van der Waals surface area contributed by atoms with Crippen LogP contribution >= 0.6 is 15.9 Å². The van der Waals surface area contributed by atoms with E-state index in [-0.39, 0.29) is 24.5 Å². The normalized spacial score (nSPS) is 18.1. The van der Waals surface area contributed by atoms with Gasteiger partial charge in [0.05, 0.1) is 25.4 Å². The summed E-state index contributed by atoms with van der Waals surface area (Å²) in [6, 6.07) is 9.73. The van der Waals surface area contributed by atoms with E-state index >= 15 is 0 Å². The van der Waals surface area contributed by atoms with Crippen molar-refractivity contribution in [3.05, 3.63) is 52.4 Å². The average molecular weight is 514 g/mol. The molecule has 4 rings (SSSR count). The molecule has 0 unspecified atom stereocenters. The fourth-order valence-corrected chi connectivity index (χ4v) is 4.62. The number of ether oxygens (including phenoxy) is 2. The summed E-state index contributed by atoms with van der Waals surface area (Å²) in [5, 5.41) is 7.37. The number of rotatable bonds is 7. The van der Waals surface area contributed by atoms with Gasteiger partial charge < -0.3 is 25.8 Å². The van der Waals surface area contributed by atoms with Crippen molar-refractivity contribution >= 4 is 38.4 Å². The van der Waals surface area contributed by atoms with Gasteiger partial charge in [0.2, 0.25) is 0 Å². The number of halogens is 1. The average Bonchev–Trinajstić information content (AvgIpc) is 2.85. The third-order valence-electron chi connectivity index (χ3n) is 5.98. The van der Waals surface area contributed by atoms with Gasteiger partial charge in [0.25, 0.3) is 5.91 Å². The van der Waals surface area contributed by atoms with E-state index in [0.29, 0.717) is 33.0 Å². The lowest BCUT2D eigenvalue weighted by atomic mass is 9.91. The molecule has 0 atom stereocenters. The molecular formula is C24H28BrN5O3. The van der Waals surface area contributed by atoms with Gasteiger partial charge in [-0.05, 0) is 65.9 Å². The van der Waals surface area contributed by atoms with Gasteiger partial charge in [-0.1, -0.05) is 0 Å². The molecule has 33 heavy (non-hydrogen) atoms. The summed E-state index contributed by atoms with van der Waals surface area (Å²) in [6.07, 6.45) is 5.50. The fourth-order valence-electron chi connectivity index (χ4n) is 4.12. The first-order valence-corrected chi connectivity index (χ1v) is 11.7. The molecule has 174 valence electrons. The van der Waals surface area contributed by atoms with Gasteiger partial charge >= 0.3 is 0 Å². The molecule has 1 aromatic carbocycles. The molecule has 0 saturated heterocycles. The van der Waals surface area contributed by atoms with Crippen LogP contribution in [0.4, 0.5) is 5.69 Å². The van der Waals surface area contributed by atoms with E-state index in [4.69, 9.17) is 15.2 Å². The van der Waals surface area contributed by atoms with E-state index < -0.39 is 0 Å². The van der Waals surface area contributed by atoms with Gasteiger partial charge in [-0.2, -0.15) is 0 Å². The van der Waals surface area contributed by atoms with Gasteiger partial charge in [0.1, 0.15) is 16.1 Å². The van der Waals surface area contributed by atoms with Crippen LogP contribution in [0.25, 0.3) is 10.9 Å². The first-order chi connectivity index (χ1) is 16.0. The Morgan fingerprint density at radius 1 is 1.18 bits per heavy atom. The highest BCUT2D eigenvalue weighted by Gasteiger charge is 2.24. The predicted molar refractivity (Wildman–Crippen MR) is 132 cm³/mol. The Hall–Kier alpha value is -2.91. The number of fused-ring (bicyclic) bond motifs is 1. The molecule has 1 fully saturated rings. The first kappa shape index (κ1) is 23.3. The van der Waals surface area contributed by atoms with Crippen LogP contribution in [0.2, 0.25) is 0 Å². The minimum absolute atomic E-state index is 0.214. The monoisotopic (exact) mass is 513 g/mol. The Morgan fingerprint density at radius 3 is 2.70 bits per heavy atom. The lowest BCUT2D eigenvalue weighted by molar-refractivity contribution is 0.0946. The zero-order chi connectivity index (χ0) is 23.4. The first-order valence-electron chi connectivity index (χ1n) is 11.0. The van der Waals surface area contributed by atoms with Crippen molar-refractivity contribution in [2.24, 2.45) is 5.73 Å². The number of carbonyl (C=O) groups is 1. The molecule has 0 bridgehead atoms. The number of carbonyl (C=O) groups excluding carboxylic acids is 1. The summed E-state index contributed by atoms with van der Waals surface area (Å²) in [5.41, 5.74) is 8.57. The van der Waals surface area contributed by atoms with Crippen molar-refractivity contribution in [2.75, 3.05) is 19.5 Å². The van der Waals surface area contributed by atoms with Crippen LogP contribution in [-0.2, 0) is 6.54 Å². The van der Waals surface area contributed by atoms with E-state index in [1.807, 2.05) is 24.3 Å². The molecule has 2 heterocycles. The van der Waals surface area contributed by atoms with E-state index in [2.05, 4.69) is 36.5 Å². The minimum atomic E-state index is -0.295. The molecule has 4 N–H and O–H groups in total. The number of aromatic nitrogens is 2. The van der Waals surface area contributed by atoms with E-state index in [1.54, 1.807) is 26.5 Å². The van der Waals surface area contributed by atoms with Crippen LogP contribution in [0.15, 0.2) is 41.1 Å². The predicted octanol–water partition coefficient (Wildman–Crippen LogP) is 4.02. The number of nitrogens with two attached hydrogens (primary N) is 1. The summed E-state index contributed by atoms with van der Waals surface area (Å²) in [7, 11) is 3.19. The Balaban J connectivity index is 1.63. The smallest absolute Gasteiger partial charge is 0.272 e. The second-order valence-electron chi connectivity index (χ2n) is 8.14. The molecule has 1 saturated carbocycles. The van der Waals surface area contributed by atoms with Gasteiger partial charge in [-0.3, -0.25) is 9.78 Å². The molecule has 1 aliphatic carbocycles. The summed E-state index contributed by atoms with van der Waals surface area (Å²) in [4.78, 5) is 22.5. The Labute approximate surface area is 201 Å². The molecule has 1 amide bonds. The number of nitrogens with one attached hydrogen (secondary N) is 2. The van der Waals surface area contributed by atoms with Crippen molar-refractivity contribution < 1.29 is 14.3 Å². The Kier molecular flexibility index (Phi) is 7.29. The summed E-state index contributed by atoms with van der Waals surface area (Å²) < 4.78 is 11.3. The summed E-state index contributed by atoms with van der Waals surface area (Å²) in [5.74, 6) is 1.03. The lowest BCUT2D eigenvalue weighted by Gasteiger charge is -2.28. The van der Waals surface area contributed by atoms with Crippen molar-refractivity contribution in [1.29, 1.82) is 0 Å². The molecular weight excluding hydrogens is 486 g/mol. The van der Waals surface area contributed by atoms with Gasteiger partial charge in [0, 0.05) is 41.8 Å². The zero-order valence-electron chi connectivity index (χ0n) is 18.7. The van der Waals surface area contributed by atoms with Gasteiger partial charge in [-0.25, -0.2) is 4.98 Å². The number of benzene rings is 1. The number of pyridine rings is 2. The maximum atomic E-state index is 13.3.